The Kier molecular flexibility index (Phi) is 5.53. The molecule has 0 bridgehead atoms. The highest BCUT2D eigenvalue weighted by Gasteiger charge is 2.21. The molecule has 1 heterocycles. The zero-order chi connectivity index (χ0) is 17.8. The molecule has 25 heavy (non-hydrogen) atoms. The van der Waals surface area contributed by atoms with Crippen LogP contribution in [0.4, 0.5) is 5.69 Å². The molecule has 1 aromatic heterocycles. The van der Waals surface area contributed by atoms with Crippen molar-refractivity contribution in [3.8, 4) is 0 Å². The molecule has 0 spiro atoms. The number of aryl methyl sites for hydroxylation is 1. The molecule has 1 aromatic carbocycles. The Balaban J connectivity index is 1.60. The fourth-order valence-corrected chi connectivity index (χ4v) is 4.24. The Hall–Kier alpha value is -2.14. The van der Waals surface area contributed by atoms with Crippen LogP contribution in [0.3, 0.4) is 0 Å². The van der Waals surface area contributed by atoms with Crippen LogP contribution in [0.25, 0.3) is 0 Å². The first-order valence-electron chi connectivity index (χ1n) is 8.79. The molecule has 5 heteroatoms. The van der Waals surface area contributed by atoms with Gasteiger partial charge in [-0.1, -0.05) is 25.5 Å². The molecule has 1 aliphatic carbocycles. The van der Waals surface area contributed by atoms with Crippen molar-refractivity contribution < 1.29 is 4.79 Å². The van der Waals surface area contributed by atoms with E-state index in [9.17, 15) is 4.79 Å². The van der Waals surface area contributed by atoms with Crippen molar-refractivity contribution in [1.29, 1.82) is 0 Å². The zero-order valence-electron chi connectivity index (χ0n) is 15.1. The molecular weight excluding hydrogens is 330 g/mol. The molecular formula is C20H25N3OS. The summed E-state index contributed by atoms with van der Waals surface area (Å²) in [4.78, 5) is 16.5. The molecule has 0 saturated heterocycles. The largest absolute Gasteiger partial charge is 0.378 e. The van der Waals surface area contributed by atoms with Crippen molar-refractivity contribution in [3.63, 3.8) is 0 Å². The zero-order valence-corrected chi connectivity index (χ0v) is 15.9. The van der Waals surface area contributed by atoms with Gasteiger partial charge in [-0.25, -0.2) is 5.43 Å². The molecule has 1 atom stereocenters. The van der Waals surface area contributed by atoms with E-state index in [1.165, 1.54) is 23.3 Å². The first-order chi connectivity index (χ1) is 12.1. The summed E-state index contributed by atoms with van der Waals surface area (Å²) in [5, 5.41) is 4.10. The van der Waals surface area contributed by atoms with Crippen LogP contribution in [0.15, 0.2) is 35.4 Å². The fourth-order valence-electron chi connectivity index (χ4n) is 3.14. The van der Waals surface area contributed by atoms with Gasteiger partial charge in [0.15, 0.2) is 0 Å². The first kappa shape index (κ1) is 17.7. The molecule has 0 radical (unpaired) electrons. The Labute approximate surface area is 153 Å². The van der Waals surface area contributed by atoms with E-state index in [0.717, 1.165) is 34.9 Å². The molecule has 132 valence electrons. The van der Waals surface area contributed by atoms with Crippen LogP contribution in [-0.2, 0) is 12.8 Å². The second-order valence-electron chi connectivity index (χ2n) is 6.76. The topological polar surface area (TPSA) is 44.7 Å². The third-order valence-corrected chi connectivity index (χ3v) is 6.01. The van der Waals surface area contributed by atoms with E-state index in [2.05, 4.69) is 23.5 Å². The Morgan fingerprint density at radius 3 is 2.80 bits per heavy atom. The number of carbonyl (C=O) groups is 1. The van der Waals surface area contributed by atoms with Gasteiger partial charge in [-0.3, -0.25) is 4.79 Å². The lowest BCUT2D eigenvalue weighted by atomic mass is 9.87. The number of hydrogen-bond donors (Lipinski definition) is 1. The third kappa shape index (κ3) is 4.28. The number of nitrogens with zero attached hydrogens (tertiary/aromatic N) is 2. The number of hydrogen-bond acceptors (Lipinski definition) is 4. The minimum Gasteiger partial charge on any atom is -0.378 e. The molecule has 4 nitrogen and oxygen atoms in total. The summed E-state index contributed by atoms with van der Waals surface area (Å²) < 4.78 is 0. The maximum Gasteiger partial charge on any atom is 0.281 e. The minimum absolute atomic E-state index is 0.117. The second-order valence-corrected chi connectivity index (χ2v) is 7.90. The van der Waals surface area contributed by atoms with Crippen LogP contribution >= 0.6 is 11.3 Å². The van der Waals surface area contributed by atoms with Crippen molar-refractivity contribution in [2.24, 2.45) is 11.0 Å². The van der Waals surface area contributed by atoms with Gasteiger partial charge < -0.3 is 4.90 Å². The lowest BCUT2D eigenvalue weighted by Crippen LogP contribution is -2.16. The average molecular weight is 356 g/mol. The highest BCUT2D eigenvalue weighted by atomic mass is 32.1. The van der Waals surface area contributed by atoms with Gasteiger partial charge in [0, 0.05) is 24.7 Å². The van der Waals surface area contributed by atoms with Gasteiger partial charge in [-0.15, -0.1) is 11.3 Å². The SMILES string of the molecule is CC[C@@H]1CCc2sc(C(=O)N/N=C\c3ccc(N(C)C)cc3)cc2C1. The summed E-state index contributed by atoms with van der Waals surface area (Å²) in [7, 11) is 4.01. The Morgan fingerprint density at radius 1 is 1.36 bits per heavy atom. The van der Waals surface area contributed by atoms with E-state index >= 15 is 0 Å². The standard InChI is InChI=1S/C20H25N3OS/c1-4-14-7-10-18-16(11-14)12-19(25-18)20(24)22-21-13-15-5-8-17(9-6-15)23(2)3/h5-6,8-9,12-14H,4,7,10-11H2,1-3H3,(H,22,24)/b21-13-/t14-/m1/s1. The van der Waals surface area contributed by atoms with Gasteiger partial charge in [0.1, 0.15) is 0 Å². The maximum absolute atomic E-state index is 12.3. The quantitative estimate of drug-likeness (QED) is 0.648. The highest BCUT2D eigenvalue weighted by Crippen LogP contribution is 2.33. The van der Waals surface area contributed by atoms with Crippen molar-refractivity contribution in [2.75, 3.05) is 19.0 Å². The predicted octanol–water partition coefficient (Wildman–Crippen LogP) is 4.09. The van der Waals surface area contributed by atoms with Crippen LogP contribution in [0.2, 0.25) is 0 Å². The van der Waals surface area contributed by atoms with Crippen LogP contribution in [-0.4, -0.2) is 26.2 Å². The minimum atomic E-state index is -0.117. The lowest BCUT2D eigenvalue weighted by molar-refractivity contribution is 0.0959. The van der Waals surface area contributed by atoms with E-state index in [-0.39, 0.29) is 5.91 Å². The number of rotatable bonds is 5. The van der Waals surface area contributed by atoms with Gasteiger partial charge in [-0.2, -0.15) is 5.10 Å². The van der Waals surface area contributed by atoms with E-state index in [4.69, 9.17) is 0 Å². The number of fused-ring (bicyclic) bond motifs is 1. The third-order valence-electron chi connectivity index (χ3n) is 4.78. The summed E-state index contributed by atoms with van der Waals surface area (Å²) in [6.07, 6.45) is 6.35. The van der Waals surface area contributed by atoms with Crippen molar-refractivity contribution >= 4 is 29.1 Å². The number of nitrogens with one attached hydrogen (secondary N) is 1. The average Bonchev–Trinajstić information content (AvgIpc) is 3.05. The molecule has 0 saturated carbocycles. The van der Waals surface area contributed by atoms with Gasteiger partial charge >= 0.3 is 0 Å². The van der Waals surface area contributed by atoms with E-state index in [0.29, 0.717) is 0 Å². The lowest BCUT2D eigenvalue weighted by Gasteiger charge is -2.19. The van der Waals surface area contributed by atoms with Gasteiger partial charge in [0.2, 0.25) is 0 Å². The van der Waals surface area contributed by atoms with E-state index in [1.54, 1.807) is 17.6 Å². The molecule has 2 aromatic rings. The van der Waals surface area contributed by atoms with E-state index < -0.39 is 0 Å². The molecule has 0 unspecified atom stereocenters. The highest BCUT2D eigenvalue weighted by molar-refractivity contribution is 7.14. The monoisotopic (exact) mass is 355 g/mol. The number of benzene rings is 1. The van der Waals surface area contributed by atoms with Crippen molar-refractivity contribution in [1.82, 2.24) is 5.43 Å². The maximum atomic E-state index is 12.3. The van der Waals surface area contributed by atoms with Gasteiger partial charge in [-0.05, 0) is 54.5 Å². The summed E-state index contributed by atoms with van der Waals surface area (Å²) >= 11 is 1.62. The normalized spacial score (nSPS) is 16.7. The molecule has 1 N–H and O–H groups in total. The number of amides is 1. The molecule has 3 rings (SSSR count). The molecule has 1 aliphatic rings. The Bertz CT molecular complexity index is 762. The molecule has 0 fully saturated rings. The summed E-state index contributed by atoms with van der Waals surface area (Å²) in [5.41, 5.74) is 6.10. The smallest absolute Gasteiger partial charge is 0.281 e. The summed E-state index contributed by atoms with van der Waals surface area (Å²) in [6, 6.07) is 10.1. The summed E-state index contributed by atoms with van der Waals surface area (Å²) in [5.74, 6) is 0.648. The van der Waals surface area contributed by atoms with Gasteiger partial charge in [0.25, 0.3) is 5.91 Å². The first-order valence-corrected chi connectivity index (χ1v) is 9.61. The van der Waals surface area contributed by atoms with Crippen molar-refractivity contribution in [2.45, 2.75) is 32.6 Å². The van der Waals surface area contributed by atoms with Gasteiger partial charge in [0.05, 0.1) is 11.1 Å². The summed E-state index contributed by atoms with van der Waals surface area (Å²) in [6.45, 7) is 2.25. The van der Waals surface area contributed by atoms with Crippen LogP contribution < -0.4 is 10.3 Å². The Morgan fingerprint density at radius 2 is 2.12 bits per heavy atom. The molecule has 0 aliphatic heterocycles. The van der Waals surface area contributed by atoms with Crippen LogP contribution in [0, 0.1) is 5.92 Å². The van der Waals surface area contributed by atoms with Crippen LogP contribution in [0.1, 0.15) is 45.4 Å². The number of thiophene rings is 1. The molecule has 1 amide bonds. The fraction of sp³-hybridized carbons (Fsp3) is 0.400. The number of hydrazone groups is 1. The second kappa shape index (κ2) is 7.83. The van der Waals surface area contributed by atoms with Crippen LogP contribution in [0.5, 0.6) is 0 Å². The van der Waals surface area contributed by atoms with E-state index in [1.807, 2.05) is 43.3 Å². The van der Waals surface area contributed by atoms with Crippen molar-refractivity contribution in [3.05, 3.63) is 51.2 Å². The number of carbonyl (C=O) groups excluding carboxylic acids is 1. The predicted molar refractivity (Wildman–Crippen MR) is 106 cm³/mol. The number of anilines is 1.